The summed E-state index contributed by atoms with van der Waals surface area (Å²) in [5.41, 5.74) is 0.525. The standard InChI is InChI=1S/C10H13NO4S/c1-16(12,13)11-8-2-4-9(5-3-8)14-6-10-7-15-10/h2-5,10-11H,6-7H2,1H3/t10-/m0/s1. The van der Waals surface area contributed by atoms with Crippen LogP contribution in [0.1, 0.15) is 0 Å². The number of hydrogen-bond donors (Lipinski definition) is 1. The van der Waals surface area contributed by atoms with Crippen LogP contribution in [-0.4, -0.2) is 34.0 Å². The molecule has 0 amide bonds. The SMILES string of the molecule is CS(=O)(=O)Nc1ccc(OC[C@H]2CO2)cc1. The van der Waals surface area contributed by atoms with Gasteiger partial charge in [0.05, 0.1) is 12.9 Å². The van der Waals surface area contributed by atoms with Gasteiger partial charge in [-0.15, -0.1) is 0 Å². The van der Waals surface area contributed by atoms with Crippen LogP contribution >= 0.6 is 0 Å². The van der Waals surface area contributed by atoms with Crippen LogP contribution in [0.4, 0.5) is 5.69 Å². The molecule has 1 heterocycles. The Balaban J connectivity index is 1.92. The van der Waals surface area contributed by atoms with E-state index >= 15 is 0 Å². The summed E-state index contributed by atoms with van der Waals surface area (Å²) in [5, 5.41) is 0. The normalized spacial score (nSPS) is 19.2. The van der Waals surface area contributed by atoms with Crippen molar-refractivity contribution in [3.8, 4) is 5.75 Å². The van der Waals surface area contributed by atoms with E-state index in [1.54, 1.807) is 24.3 Å². The smallest absolute Gasteiger partial charge is 0.229 e. The minimum Gasteiger partial charge on any atom is -0.491 e. The van der Waals surface area contributed by atoms with Gasteiger partial charge in [0.2, 0.25) is 10.0 Å². The molecule has 1 aliphatic rings. The molecular weight excluding hydrogens is 230 g/mol. The molecule has 0 unspecified atom stereocenters. The summed E-state index contributed by atoms with van der Waals surface area (Å²) in [6, 6.07) is 6.75. The predicted octanol–water partition coefficient (Wildman–Crippen LogP) is 0.836. The van der Waals surface area contributed by atoms with Crippen molar-refractivity contribution in [1.29, 1.82) is 0 Å². The van der Waals surface area contributed by atoms with E-state index in [1.807, 2.05) is 0 Å². The first-order valence-corrected chi connectivity index (χ1v) is 6.74. The fourth-order valence-electron chi connectivity index (χ4n) is 1.19. The zero-order valence-electron chi connectivity index (χ0n) is 8.84. The second-order valence-corrected chi connectivity index (χ2v) is 5.41. The summed E-state index contributed by atoms with van der Waals surface area (Å²) >= 11 is 0. The van der Waals surface area contributed by atoms with Crippen LogP contribution in [0.15, 0.2) is 24.3 Å². The van der Waals surface area contributed by atoms with Crippen LogP contribution < -0.4 is 9.46 Å². The first kappa shape index (κ1) is 11.2. The lowest BCUT2D eigenvalue weighted by molar-refractivity contribution is 0.263. The highest BCUT2D eigenvalue weighted by molar-refractivity contribution is 7.92. The second-order valence-electron chi connectivity index (χ2n) is 3.66. The molecule has 2 rings (SSSR count). The maximum Gasteiger partial charge on any atom is 0.229 e. The first-order valence-electron chi connectivity index (χ1n) is 4.85. The lowest BCUT2D eigenvalue weighted by Crippen LogP contribution is -2.09. The van der Waals surface area contributed by atoms with E-state index in [1.165, 1.54) is 0 Å². The van der Waals surface area contributed by atoms with Crippen LogP contribution in [-0.2, 0) is 14.8 Å². The highest BCUT2D eigenvalue weighted by Crippen LogP contribution is 2.18. The predicted molar refractivity (Wildman–Crippen MR) is 60.1 cm³/mol. The Hall–Kier alpha value is -1.27. The van der Waals surface area contributed by atoms with Crippen molar-refractivity contribution in [3.63, 3.8) is 0 Å². The van der Waals surface area contributed by atoms with Gasteiger partial charge in [0, 0.05) is 5.69 Å². The number of ether oxygens (including phenoxy) is 2. The Morgan fingerprint density at radius 2 is 2.06 bits per heavy atom. The van der Waals surface area contributed by atoms with Gasteiger partial charge in [-0.05, 0) is 24.3 Å². The minimum atomic E-state index is -3.22. The van der Waals surface area contributed by atoms with Crippen LogP contribution in [0, 0.1) is 0 Å². The number of hydrogen-bond acceptors (Lipinski definition) is 4. The lowest BCUT2D eigenvalue weighted by atomic mass is 10.3. The Kier molecular flexibility index (Phi) is 3.02. The number of epoxide rings is 1. The molecule has 1 aliphatic heterocycles. The zero-order chi connectivity index (χ0) is 11.6. The lowest BCUT2D eigenvalue weighted by Gasteiger charge is -2.06. The molecule has 1 fully saturated rings. The summed E-state index contributed by atoms with van der Waals surface area (Å²) in [7, 11) is -3.22. The van der Waals surface area contributed by atoms with Gasteiger partial charge in [0.25, 0.3) is 0 Å². The largest absolute Gasteiger partial charge is 0.491 e. The van der Waals surface area contributed by atoms with E-state index in [4.69, 9.17) is 9.47 Å². The summed E-state index contributed by atoms with van der Waals surface area (Å²) in [4.78, 5) is 0. The van der Waals surface area contributed by atoms with Gasteiger partial charge in [-0.3, -0.25) is 4.72 Å². The molecule has 0 bridgehead atoms. The molecule has 0 aliphatic carbocycles. The molecule has 1 atom stereocenters. The molecule has 1 saturated heterocycles. The quantitative estimate of drug-likeness (QED) is 0.778. The van der Waals surface area contributed by atoms with Crippen molar-refractivity contribution in [1.82, 2.24) is 0 Å². The van der Waals surface area contributed by atoms with Gasteiger partial charge in [0.15, 0.2) is 0 Å². The number of rotatable bonds is 5. The van der Waals surface area contributed by atoms with Crippen molar-refractivity contribution in [2.75, 3.05) is 24.2 Å². The molecule has 0 aromatic heterocycles. The van der Waals surface area contributed by atoms with Crippen molar-refractivity contribution >= 4 is 15.7 Å². The van der Waals surface area contributed by atoms with Crippen molar-refractivity contribution < 1.29 is 17.9 Å². The summed E-state index contributed by atoms with van der Waals surface area (Å²) in [6.45, 7) is 1.30. The van der Waals surface area contributed by atoms with E-state index in [2.05, 4.69) is 4.72 Å². The number of anilines is 1. The van der Waals surface area contributed by atoms with E-state index in [9.17, 15) is 8.42 Å². The Morgan fingerprint density at radius 1 is 1.44 bits per heavy atom. The van der Waals surface area contributed by atoms with E-state index in [-0.39, 0.29) is 6.10 Å². The number of nitrogens with one attached hydrogen (secondary N) is 1. The maximum atomic E-state index is 10.9. The Morgan fingerprint density at radius 3 is 2.56 bits per heavy atom. The van der Waals surface area contributed by atoms with Gasteiger partial charge in [-0.1, -0.05) is 0 Å². The molecule has 88 valence electrons. The molecule has 0 radical (unpaired) electrons. The fourth-order valence-corrected chi connectivity index (χ4v) is 1.75. The van der Waals surface area contributed by atoms with Crippen LogP contribution in [0.5, 0.6) is 5.75 Å². The topological polar surface area (TPSA) is 67.9 Å². The van der Waals surface area contributed by atoms with Crippen molar-refractivity contribution in [3.05, 3.63) is 24.3 Å². The molecule has 1 aromatic rings. The number of sulfonamides is 1. The average Bonchev–Trinajstić information content (AvgIpc) is 2.98. The maximum absolute atomic E-state index is 10.9. The third-order valence-electron chi connectivity index (χ3n) is 2.00. The zero-order valence-corrected chi connectivity index (χ0v) is 9.66. The average molecular weight is 243 g/mol. The number of benzene rings is 1. The molecule has 0 spiro atoms. The third kappa shape index (κ3) is 3.71. The first-order chi connectivity index (χ1) is 7.53. The molecule has 0 saturated carbocycles. The van der Waals surface area contributed by atoms with E-state index in [0.717, 1.165) is 12.9 Å². The van der Waals surface area contributed by atoms with Gasteiger partial charge >= 0.3 is 0 Å². The molecule has 16 heavy (non-hydrogen) atoms. The molecule has 1 aromatic carbocycles. The Bertz CT molecular complexity index is 450. The van der Waals surface area contributed by atoms with Gasteiger partial charge in [-0.2, -0.15) is 0 Å². The highest BCUT2D eigenvalue weighted by Gasteiger charge is 2.22. The van der Waals surface area contributed by atoms with Gasteiger partial charge in [-0.25, -0.2) is 8.42 Å². The summed E-state index contributed by atoms with van der Waals surface area (Å²) in [6.07, 6.45) is 1.33. The van der Waals surface area contributed by atoms with Gasteiger partial charge in [0.1, 0.15) is 18.5 Å². The fraction of sp³-hybridized carbons (Fsp3) is 0.400. The molecule has 1 N–H and O–H groups in total. The molecule has 6 heteroatoms. The van der Waals surface area contributed by atoms with E-state index in [0.29, 0.717) is 18.0 Å². The van der Waals surface area contributed by atoms with Gasteiger partial charge < -0.3 is 9.47 Å². The third-order valence-corrected chi connectivity index (χ3v) is 2.60. The van der Waals surface area contributed by atoms with Crippen LogP contribution in [0.2, 0.25) is 0 Å². The van der Waals surface area contributed by atoms with E-state index < -0.39 is 10.0 Å². The van der Waals surface area contributed by atoms with Crippen molar-refractivity contribution in [2.45, 2.75) is 6.10 Å². The van der Waals surface area contributed by atoms with Crippen molar-refractivity contribution in [2.24, 2.45) is 0 Å². The molecule has 5 nitrogen and oxygen atoms in total. The molecular formula is C10H13NO4S. The van der Waals surface area contributed by atoms with Crippen LogP contribution in [0.3, 0.4) is 0 Å². The minimum absolute atomic E-state index is 0.217. The Labute approximate surface area is 94.4 Å². The monoisotopic (exact) mass is 243 g/mol. The summed E-state index contributed by atoms with van der Waals surface area (Å²) < 4.78 is 34.7. The second kappa shape index (κ2) is 4.31. The summed E-state index contributed by atoms with van der Waals surface area (Å²) in [5.74, 6) is 0.703. The van der Waals surface area contributed by atoms with Crippen LogP contribution in [0.25, 0.3) is 0 Å². The highest BCUT2D eigenvalue weighted by atomic mass is 32.2.